The summed E-state index contributed by atoms with van der Waals surface area (Å²) in [6.07, 6.45) is 11.6. The summed E-state index contributed by atoms with van der Waals surface area (Å²) in [4.78, 5) is 38.9. The second-order valence-corrected chi connectivity index (χ2v) is 8.03. The van der Waals surface area contributed by atoms with Gasteiger partial charge in [-0.3, -0.25) is 9.59 Å². The Kier molecular flexibility index (Phi) is 7.39. The number of ether oxygens (including phenoxy) is 1. The maximum Gasteiger partial charge on any atom is 0.410 e. The molecule has 0 aromatic heterocycles. The molecule has 0 saturated carbocycles. The van der Waals surface area contributed by atoms with E-state index in [1.807, 2.05) is 26.8 Å². The molecule has 2 aliphatic heterocycles. The van der Waals surface area contributed by atoms with Crippen molar-refractivity contribution in [2.75, 3.05) is 26.2 Å². The monoisotopic (exact) mass is 374 g/mol. The van der Waals surface area contributed by atoms with E-state index in [0.29, 0.717) is 37.7 Å². The van der Waals surface area contributed by atoms with Crippen molar-refractivity contribution in [3.63, 3.8) is 0 Å². The summed E-state index contributed by atoms with van der Waals surface area (Å²) in [6.45, 7) is 8.20. The number of amides is 2. The lowest BCUT2D eigenvalue weighted by Gasteiger charge is -2.34. The van der Waals surface area contributed by atoms with E-state index < -0.39 is 5.60 Å². The van der Waals surface area contributed by atoms with Gasteiger partial charge < -0.3 is 14.5 Å². The standard InChI is InChI=1S/C21H30N2O4/c1-21(2,3)27-20(26)23-14-10-17(11-15-23)9-13-22-12-5-4-6-18(16-24)7-8-19(22)25/h4-8,16-17H,9-15H2,1-3H3/b5-4+,8-7+,18-6+. The molecule has 148 valence electrons. The number of hydrogen-bond acceptors (Lipinski definition) is 4. The molecule has 0 radical (unpaired) electrons. The van der Waals surface area contributed by atoms with Gasteiger partial charge in [-0.25, -0.2) is 4.79 Å². The largest absolute Gasteiger partial charge is 0.444 e. The average molecular weight is 374 g/mol. The van der Waals surface area contributed by atoms with Crippen LogP contribution in [0.4, 0.5) is 4.79 Å². The molecule has 0 aromatic rings. The molecule has 2 amide bonds. The average Bonchev–Trinajstić information content (AvgIpc) is 2.70. The van der Waals surface area contributed by atoms with E-state index in [0.717, 1.165) is 25.5 Å². The van der Waals surface area contributed by atoms with Crippen molar-refractivity contribution in [1.29, 1.82) is 0 Å². The molecule has 0 bridgehead atoms. The minimum absolute atomic E-state index is 0.0829. The molecular weight excluding hydrogens is 344 g/mol. The van der Waals surface area contributed by atoms with E-state index in [9.17, 15) is 14.4 Å². The fourth-order valence-corrected chi connectivity index (χ4v) is 3.13. The zero-order valence-electron chi connectivity index (χ0n) is 16.5. The summed E-state index contributed by atoms with van der Waals surface area (Å²) in [7, 11) is 0. The van der Waals surface area contributed by atoms with E-state index in [2.05, 4.69) is 0 Å². The van der Waals surface area contributed by atoms with Crippen LogP contribution >= 0.6 is 0 Å². The van der Waals surface area contributed by atoms with Gasteiger partial charge in [-0.1, -0.05) is 18.2 Å². The number of piperidine rings is 1. The van der Waals surface area contributed by atoms with Gasteiger partial charge in [-0.05, 0) is 52.0 Å². The van der Waals surface area contributed by atoms with Crippen molar-refractivity contribution >= 4 is 18.3 Å². The van der Waals surface area contributed by atoms with E-state index in [1.54, 1.807) is 28.0 Å². The number of nitrogens with zero attached hydrogens (tertiary/aromatic N) is 2. The van der Waals surface area contributed by atoms with Crippen LogP contribution in [0.15, 0.2) is 36.0 Å². The zero-order valence-corrected chi connectivity index (χ0v) is 16.5. The Hall–Kier alpha value is -2.37. The number of aldehydes is 1. The lowest BCUT2D eigenvalue weighted by atomic mass is 9.93. The van der Waals surface area contributed by atoms with Gasteiger partial charge in [0.2, 0.25) is 5.91 Å². The maximum absolute atomic E-state index is 12.3. The predicted octanol–water partition coefficient (Wildman–Crippen LogP) is 3.10. The smallest absolute Gasteiger partial charge is 0.410 e. The Bertz CT molecular complexity index is 635. The minimum Gasteiger partial charge on any atom is -0.444 e. The number of carbonyl (C=O) groups is 3. The summed E-state index contributed by atoms with van der Waals surface area (Å²) in [6, 6.07) is 0. The lowest BCUT2D eigenvalue weighted by molar-refractivity contribution is -0.125. The van der Waals surface area contributed by atoms with Crippen molar-refractivity contribution in [3.05, 3.63) is 36.0 Å². The van der Waals surface area contributed by atoms with Crippen LogP contribution in [-0.4, -0.2) is 59.9 Å². The molecule has 1 saturated heterocycles. The topological polar surface area (TPSA) is 66.9 Å². The van der Waals surface area contributed by atoms with Crippen LogP contribution in [0.2, 0.25) is 0 Å². The Balaban J connectivity index is 1.80. The molecule has 6 nitrogen and oxygen atoms in total. The molecular formula is C21H30N2O4. The molecule has 2 rings (SSSR count). The highest BCUT2D eigenvalue weighted by Crippen LogP contribution is 2.22. The molecule has 0 atom stereocenters. The number of likely N-dealkylation sites (tertiary alicyclic amines) is 1. The second-order valence-electron chi connectivity index (χ2n) is 8.03. The maximum atomic E-state index is 12.3. The fourth-order valence-electron chi connectivity index (χ4n) is 3.13. The lowest BCUT2D eigenvalue weighted by Crippen LogP contribution is -2.42. The van der Waals surface area contributed by atoms with Gasteiger partial charge in [0.1, 0.15) is 11.9 Å². The van der Waals surface area contributed by atoms with Crippen molar-refractivity contribution in [2.45, 2.75) is 45.6 Å². The summed E-state index contributed by atoms with van der Waals surface area (Å²) in [5.74, 6) is 0.404. The SMILES string of the molecule is CC(C)(C)OC(=O)N1CCC(CCN2C/C=C/C=C(C=O)\C=C\C2=O)CC1. The molecule has 6 heteroatoms. The summed E-state index contributed by atoms with van der Waals surface area (Å²) < 4.78 is 5.43. The van der Waals surface area contributed by atoms with Crippen LogP contribution in [0.25, 0.3) is 0 Å². The van der Waals surface area contributed by atoms with Gasteiger partial charge in [-0.2, -0.15) is 0 Å². The molecule has 27 heavy (non-hydrogen) atoms. The number of hydrogen-bond donors (Lipinski definition) is 0. The highest BCUT2D eigenvalue weighted by molar-refractivity contribution is 5.90. The van der Waals surface area contributed by atoms with E-state index in [4.69, 9.17) is 4.74 Å². The van der Waals surface area contributed by atoms with Gasteiger partial charge in [0.15, 0.2) is 0 Å². The molecule has 1 fully saturated rings. The van der Waals surface area contributed by atoms with Crippen LogP contribution in [-0.2, 0) is 14.3 Å². The van der Waals surface area contributed by atoms with Crippen LogP contribution in [0.5, 0.6) is 0 Å². The molecule has 2 heterocycles. The molecule has 0 aliphatic carbocycles. The third-order valence-electron chi connectivity index (χ3n) is 4.69. The first-order chi connectivity index (χ1) is 12.8. The van der Waals surface area contributed by atoms with E-state index in [1.165, 1.54) is 6.08 Å². The van der Waals surface area contributed by atoms with Crippen molar-refractivity contribution in [1.82, 2.24) is 9.80 Å². The van der Waals surface area contributed by atoms with Gasteiger partial charge >= 0.3 is 6.09 Å². The van der Waals surface area contributed by atoms with Crippen molar-refractivity contribution in [2.24, 2.45) is 5.92 Å². The molecule has 0 N–H and O–H groups in total. The van der Waals surface area contributed by atoms with E-state index >= 15 is 0 Å². The van der Waals surface area contributed by atoms with E-state index in [-0.39, 0.29) is 12.0 Å². The van der Waals surface area contributed by atoms with Gasteiger partial charge in [-0.15, -0.1) is 0 Å². The predicted molar refractivity (Wildman–Crippen MR) is 104 cm³/mol. The second kappa shape index (κ2) is 9.53. The third kappa shape index (κ3) is 7.04. The zero-order chi connectivity index (χ0) is 19.9. The Labute approximate surface area is 161 Å². The fraction of sp³-hybridized carbons (Fsp3) is 0.571. The highest BCUT2D eigenvalue weighted by atomic mass is 16.6. The van der Waals surface area contributed by atoms with Crippen molar-refractivity contribution in [3.8, 4) is 0 Å². The summed E-state index contributed by atoms with van der Waals surface area (Å²) in [5.41, 5.74) is 0.00827. The first kappa shape index (κ1) is 20.9. The van der Waals surface area contributed by atoms with Crippen LogP contribution in [0.3, 0.4) is 0 Å². The van der Waals surface area contributed by atoms with Gasteiger partial charge in [0.05, 0.1) is 0 Å². The Morgan fingerprint density at radius 2 is 1.96 bits per heavy atom. The Morgan fingerprint density at radius 3 is 2.59 bits per heavy atom. The quantitative estimate of drug-likeness (QED) is 0.709. The van der Waals surface area contributed by atoms with Gasteiger partial charge in [0.25, 0.3) is 0 Å². The van der Waals surface area contributed by atoms with Crippen LogP contribution in [0, 0.1) is 5.92 Å². The molecule has 0 unspecified atom stereocenters. The Morgan fingerprint density at radius 1 is 1.26 bits per heavy atom. The number of carbonyl (C=O) groups excluding carboxylic acids is 3. The first-order valence-corrected chi connectivity index (χ1v) is 9.55. The minimum atomic E-state index is -0.474. The summed E-state index contributed by atoms with van der Waals surface area (Å²) in [5, 5.41) is 0. The van der Waals surface area contributed by atoms with Crippen LogP contribution in [0.1, 0.15) is 40.0 Å². The molecule has 0 aromatic carbocycles. The molecule has 2 aliphatic rings. The van der Waals surface area contributed by atoms with Gasteiger partial charge in [0, 0.05) is 37.8 Å². The summed E-state index contributed by atoms with van der Waals surface area (Å²) >= 11 is 0. The highest BCUT2D eigenvalue weighted by Gasteiger charge is 2.27. The van der Waals surface area contributed by atoms with Crippen molar-refractivity contribution < 1.29 is 19.1 Å². The molecule has 0 spiro atoms. The first-order valence-electron chi connectivity index (χ1n) is 9.55. The van der Waals surface area contributed by atoms with Crippen LogP contribution < -0.4 is 0 Å². The third-order valence-corrected chi connectivity index (χ3v) is 4.69. The number of rotatable bonds is 4. The number of allylic oxidation sites excluding steroid dienone is 4. The normalized spacial score (nSPS) is 23.5.